The van der Waals surface area contributed by atoms with Crippen molar-refractivity contribution in [3.8, 4) is 28.6 Å². The number of benzene rings is 1. The van der Waals surface area contributed by atoms with Crippen LogP contribution in [-0.4, -0.2) is 15.2 Å². The van der Waals surface area contributed by atoms with Crippen LogP contribution in [0.4, 0.5) is 0 Å². The second-order valence-electron chi connectivity index (χ2n) is 3.53. The molecule has 16 heavy (non-hydrogen) atoms. The van der Waals surface area contributed by atoms with E-state index in [1.807, 2.05) is 18.2 Å². The van der Waals surface area contributed by atoms with Crippen molar-refractivity contribution in [2.75, 3.05) is 0 Å². The topological polar surface area (TPSA) is 65.5 Å². The van der Waals surface area contributed by atoms with Gasteiger partial charge < -0.3 is 14.9 Å². The average molecular weight is 215 g/mol. The van der Waals surface area contributed by atoms with Crippen molar-refractivity contribution >= 4 is 6.08 Å². The highest BCUT2D eigenvalue weighted by molar-refractivity contribution is 5.86. The molecule has 1 aliphatic rings. The molecule has 1 aromatic carbocycles. The van der Waals surface area contributed by atoms with E-state index in [0.717, 1.165) is 5.56 Å². The Hall–Kier alpha value is -2.36. The highest BCUT2D eigenvalue weighted by Crippen LogP contribution is 2.44. The number of aromatic amines is 1. The fourth-order valence-electron chi connectivity index (χ4n) is 1.87. The van der Waals surface area contributed by atoms with Gasteiger partial charge >= 0.3 is 0 Å². The molecule has 0 unspecified atom stereocenters. The van der Waals surface area contributed by atoms with Crippen molar-refractivity contribution in [1.82, 2.24) is 4.98 Å². The van der Waals surface area contributed by atoms with Gasteiger partial charge in [-0.3, -0.25) is 4.98 Å². The van der Waals surface area contributed by atoms with Crippen LogP contribution in [0.3, 0.4) is 0 Å². The summed E-state index contributed by atoms with van der Waals surface area (Å²) < 4.78 is 5.38. The van der Waals surface area contributed by atoms with Gasteiger partial charge in [0.2, 0.25) is 0 Å². The molecule has 0 bridgehead atoms. The molecule has 1 aliphatic heterocycles. The predicted octanol–water partition coefficient (Wildman–Crippen LogP) is 2.46. The number of hydrogen-bond acceptors (Lipinski definition) is 3. The summed E-state index contributed by atoms with van der Waals surface area (Å²) in [4.78, 5) is 2.49. The zero-order valence-electron chi connectivity index (χ0n) is 8.27. The van der Waals surface area contributed by atoms with Crippen molar-refractivity contribution in [1.29, 1.82) is 0 Å². The van der Waals surface area contributed by atoms with Gasteiger partial charge in [-0.1, -0.05) is 18.2 Å². The number of ether oxygens (including phenoxy) is 1. The number of hydrogen-bond donors (Lipinski definition) is 3. The molecule has 1 aromatic heterocycles. The summed E-state index contributed by atoms with van der Waals surface area (Å²) >= 11 is 0. The van der Waals surface area contributed by atoms with Crippen molar-refractivity contribution in [2.24, 2.45) is 0 Å². The number of fused-ring (bicyclic) bond motifs is 3. The molecule has 0 saturated heterocycles. The summed E-state index contributed by atoms with van der Waals surface area (Å²) in [6.45, 7) is 0. The van der Waals surface area contributed by atoms with E-state index in [2.05, 4.69) is 4.98 Å². The quantitative estimate of drug-likeness (QED) is 0.632. The van der Waals surface area contributed by atoms with Gasteiger partial charge in [-0.25, -0.2) is 0 Å². The van der Waals surface area contributed by atoms with Crippen LogP contribution in [-0.2, 0) is 0 Å². The normalized spacial score (nSPS) is 12.5. The summed E-state index contributed by atoms with van der Waals surface area (Å²) in [6, 6.07) is 7.33. The molecule has 0 atom stereocenters. The minimum absolute atomic E-state index is 0.0601. The highest BCUT2D eigenvalue weighted by Gasteiger charge is 2.21. The molecule has 0 radical (unpaired) electrons. The number of H-pyrrole nitrogens is 1. The Kier molecular flexibility index (Phi) is 1.71. The number of rotatable bonds is 0. The Bertz CT molecular complexity index is 584. The summed E-state index contributed by atoms with van der Waals surface area (Å²) in [5.41, 5.74) is 1.83. The van der Waals surface area contributed by atoms with Gasteiger partial charge in [0.25, 0.3) is 0 Å². The first-order valence-electron chi connectivity index (χ1n) is 4.84. The van der Waals surface area contributed by atoms with E-state index in [1.54, 1.807) is 12.1 Å². The maximum atomic E-state index is 9.74. The molecule has 3 rings (SSSR count). The Morgan fingerprint density at radius 1 is 1.06 bits per heavy atom. The number of para-hydroxylation sites is 1. The van der Waals surface area contributed by atoms with Crippen LogP contribution in [0.1, 0.15) is 5.56 Å². The first kappa shape index (κ1) is 8.91. The molecule has 4 heteroatoms. The maximum absolute atomic E-state index is 9.74. The summed E-state index contributed by atoms with van der Waals surface area (Å²) in [5, 5.41) is 19.3. The molecule has 0 fully saturated rings. The van der Waals surface area contributed by atoms with E-state index in [-0.39, 0.29) is 11.8 Å². The van der Waals surface area contributed by atoms with Crippen LogP contribution in [0.25, 0.3) is 17.2 Å². The number of nitrogens with one attached hydrogen (secondary N) is 1. The Balaban J connectivity index is 2.38. The van der Waals surface area contributed by atoms with Crippen LogP contribution in [0.15, 0.2) is 30.5 Å². The summed E-state index contributed by atoms with van der Waals surface area (Å²) in [7, 11) is 0. The standard InChI is InChI=1S/C12H9NO3/c14-11-8-5-6-16-9-4-2-1-3-7(9)10(8)12(15)13-11/h1-6,13-15H. The zero-order chi connectivity index (χ0) is 11.1. The molecule has 2 heterocycles. The summed E-state index contributed by atoms with van der Waals surface area (Å²) in [6.07, 6.45) is 3.10. The van der Waals surface area contributed by atoms with E-state index in [9.17, 15) is 10.2 Å². The maximum Gasteiger partial charge on any atom is 0.200 e. The van der Waals surface area contributed by atoms with Gasteiger partial charge in [0.1, 0.15) is 5.75 Å². The lowest BCUT2D eigenvalue weighted by Gasteiger charge is -2.05. The lowest BCUT2D eigenvalue weighted by atomic mass is 10.0. The number of aromatic nitrogens is 1. The third kappa shape index (κ3) is 1.10. The smallest absolute Gasteiger partial charge is 0.200 e. The second kappa shape index (κ2) is 3.06. The lowest BCUT2D eigenvalue weighted by Crippen LogP contribution is -1.83. The van der Waals surface area contributed by atoms with Crippen LogP contribution in [0.2, 0.25) is 0 Å². The second-order valence-corrected chi connectivity index (χ2v) is 3.53. The van der Waals surface area contributed by atoms with Crippen LogP contribution >= 0.6 is 0 Å². The first-order chi connectivity index (χ1) is 7.77. The minimum atomic E-state index is -0.0657. The Labute approximate surface area is 91.4 Å². The minimum Gasteiger partial charge on any atom is -0.494 e. The van der Waals surface area contributed by atoms with Crippen LogP contribution in [0, 0.1) is 0 Å². The van der Waals surface area contributed by atoms with E-state index < -0.39 is 0 Å². The molecule has 0 aliphatic carbocycles. The van der Waals surface area contributed by atoms with Crippen molar-refractivity contribution in [3.63, 3.8) is 0 Å². The van der Waals surface area contributed by atoms with Gasteiger partial charge in [-0.2, -0.15) is 0 Å². The van der Waals surface area contributed by atoms with Crippen molar-refractivity contribution < 1.29 is 14.9 Å². The predicted molar refractivity (Wildman–Crippen MR) is 59.2 cm³/mol. The largest absolute Gasteiger partial charge is 0.494 e. The van der Waals surface area contributed by atoms with Gasteiger partial charge in [0.05, 0.1) is 17.4 Å². The SMILES string of the molecule is Oc1[nH]c(O)c2c1C=COc1ccccc1-2. The molecule has 0 amide bonds. The van der Waals surface area contributed by atoms with Gasteiger partial charge in [-0.15, -0.1) is 0 Å². The monoisotopic (exact) mass is 215 g/mol. The van der Waals surface area contributed by atoms with E-state index in [4.69, 9.17) is 4.74 Å². The van der Waals surface area contributed by atoms with E-state index >= 15 is 0 Å². The van der Waals surface area contributed by atoms with Crippen LogP contribution < -0.4 is 4.74 Å². The molecule has 2 aromatic rings. The third-order valence-corrected chi connectivity index (χ3v) is 2.58. The Morgan fingerprint density at radius 3 is 2.75 bits per heavy atom. The first-order valence-corrected chi connectivity index (χ1v) is 4.84. The number of aromatic hydroxyl groups is 2. The van der Waals surface area contributed by atoms with Gasteiger partial charge in [0.15, 0.2) is 11.8 Å². The van der Waals surface area contributed by atoms with Crippen LogP contribution in [0.5, 0.6) is 17.5 Å². The molecular weight excluding hydrogens is 206 g/mol. The third-order valence-electron chi connectivity index (χ3n) is 2.58. The van der Waals surface area contributed by atoms with Crippen molar-refractivity contribution in [2.45, 2.75) is 0 Å². The van der Waals surface area contributed by atoms with Gasteiger partial charge in [-0.05, 0) is 12.1 Å². The average Bonchev–Trinajstić information content (AvgIpc) is 2.49. The molecular formula is C12H9NO3. The molecule has 4 nitrogen and oxygen atoms in total. The fourth-order valence-corrected chi connectivity index (χ4v) is 1.87. The Morgan fingerprint density at radius 2 is 1.88 bits per heavy atom. The zero-order valence-corrected chi connectivity index (χ0v) is 8.27. The highest BCUT2D eigenvalue weighted by atomic mass is 16.5. The molecule has 0 spiro atoms. The molecule has 80 valence electrons. The fraction of sp³-hybridized carbons (Fsp3) is 0. The van der Waals surface area contributed by atoms with E-state index in [1.165, 1.54) is 6.26 Å². The van der Waals surface area contributed by atoms with Gasteiger partial charge in [0, 0.05) is 5.56 Å². The molecule has 0 saturated carbocycles. The van der Waals surface area contributed by atoms with Crippen molar-refractivity contribution in [3.05, 3.63) is 36.1 Å². The van der Waals surface area contributed by atoms with E-state index in [0.29, 0.717) is 16.9 Å². The lowest BCUT2D eigenvalue weighted by molar-refractivity contribution is 0.424. The summed E-state index contributed by atoms with van der Waals surface area (Å²) in [5.74, 6) is 0.519. The molecule has 3 N–H and O–H groups in total.